The Morgan fingerprint density at radius 1 is 1.29 bits per heavy atom. The van der Waals surface area contributed by atoms with Crippen molar-refractivity contribution in [3.63, 3.8) is 0 Å². The summed E-state index contributed by atoms with van der Waals surface area (Å²) in [6, 6.07) is 5.87. The Morgan fingerprint density at radius 2 is 2.07 bits per heavy atom. The zero-order valence-corrected chi connectivity index (χ0v) is 15.0. The van der Waals surface area contributed by atoms with Gasteiger partial charge in [-0.25, -0.2) is 9.18 Å². The second kappa shape index (κ2) is 8.38. The monoisotopic (exact) mass is 413 g/mol. The van der Waals surface area contributed by atoms with Gasteiger partial charge in [0.2, 0.25) is 0 Å². The molecule has 0 saturated carbocycles. The lowest BCUT2D eigenvalue weighted by atomic mass is 10.0. The zero-order chi connectivity index (χ0) is 20.3. The molecule has 1 aliphatic rings. The number of non-ortho nitro benzene ring substituents is 1. The molecule has 0 spiro atoms. The van der Waals surface area contributed by atoms with Gasteiger partial charge >= 0.3 is 12.6 Å². The maximum Gasteiger partial charge on any atom is 0.387 e. The lowest BCUT2D eigenvalue weighted by molar-refractivity contribution is -0.384. The molecular formula is C17H14F3N3O4S. The van der Waals surface area contributed by atoms with Crippen molar-refractivity contribution in [3.05, 3.63) is 57.9 Å². The predicted molar refractivity (Wildman–Crippen MR) is 96.4 cm³/mol. The first kappa shape index (κ1) is 19.8. The molecule has 28 heavy (non-hydrogen) atoms. The van der Waals surface area contributed by atoms with Gasteiger partial charge in [-0.1, -0.05) is 0 Å². The summed E-state index contributed by atoms with van der Waals surface area (Å²) in [5, 5.41) is 15.8. The number of ether oxygens (including phenoxy) is 1. The maximum absolute atomic E-state index is 13.6. The number of carbonyl (C=O) groups excluding carboxylic acids is 1. The largest absolute Gasteiger partial charge is 0.433 e. The SMILES string of the molecule is O=C(Nc1cc([N+](=O)[O-])ccc1OC(F)F)NC1CCSc2ccc(F)cc21. The Hall–Kier alpha value is -2.95. The van der Waals surface area contributed by atoms with Crippen LogP contribution in [0.3, 0.4) is 0 Å². The molecule has 1 unspecified atom stereocenters. The topological polar surface area (TPSA) is 93.5 Å². The number of alkyl halides is 2. The van der Waals surface area contributed by atoms with Gasteiger partial charge in [-0.05, 0) is 36.2 Å². The third-order valence-corrected chi connectivity index (χ3v) is 5.08. The molecule has 0 fully saturated rings. The highest BCUT2D eigenvalue weighted by Gasteiger charge is 2.24. The number of nitro groups is 1. The van der Waals surface area contributed by atoms with Crippen LogP contribution in [0.1, 0.15) is 18.0 Å². The number of nitro benzene ring substituents is 1. The van der Waals surface area contributed by atoms with Crippen LogP contribution in [0.4, 0.5) is 29.3 Å². The van der Waals surface area contributed by atoms with Gasteiger partial charge in [0.25, 0.3) is 5.69 Å². The minimum Gasteiger partial charge on any atom is -0.433 e. The summed E-state index contributed by atoms with van der Waals surface area (Å²) in [7, 11) is 0. The van der Waals surface area contributed by atoms with E-state index in [0.717, 1.165) is 23.1 Å². The van der Waals surface area contributed by atoms with Gasteiger partial charge in [0, 0.05) is 22.8 Å². The quantitative estimate of drug-likeness (QED) is 0.548. The van der Waals surface area contributed by atoms with E-state index in [0.29, 0.717) is 17.7 Å². The fourth-order valence-corrected chi connectivity index (χ4v) is 3.87. The van der Waals surface area contributed by atoms with Crippen LogP contribution >= 0.6 is 11.8 Å². The van der Waals surface area contributed by atoms with Crippen molar-refractivity contribution in [1.82, 2.24) is 5.32 Å². The van der Waals surface area contributed by atoms with Crippen molar-refractivity contribution in [2.75, 3.05) is 11.1 Å². The first-order valence-corrected chi connectivity index (χ1v) is 9.05. The zero-order valence-electron chi connectivity index (χ0n) is 14.2. The fourth-order valence-electron chi connectivity index (χ4n) is 2.76. The molecule has 0 bridgehead atoms. The molecule has 1 atom stereocenters. The van der Waals surface area contributed by atoms with E-state index in [9.17, 15) is 28.1 Å². The smallest absolute Gasteiger partial charge is 0.387 e. The number of nitrogens with zero attached hydrogens (tertiary/aromatic N) is 1. The summed E-state index contributed by atoms with van der Waals surface area (Å²) in [4.78, 5) is 23.4. The van der Waals surface area contributed by atoms with Crippen LogP contribution < -0.4 is 15.4 Å². The first-order chi connectivity index (χ1) is 13.3. The molecule has 7 nitrogen and oxygen atoms in total. The highest BCUT2D eigenvalue weighted by atomic mass is 32.2. The average molecular weight is 413 g/mol. The number of urea groups is 1. The van der Waals surface area contributed by atoms with E-state index < -0.39 is 40.9 Å². The van der Waals surface area contributed by atoms with Crippen LogP contribution in [0.25, 0.3) is 0 Å². The Balaban J connectivity index is 1.79. The van der Waals surface area contributed by atoms with E-state index in [4.69, 9.17) is 0 Å². The Bertz CT molecular complexity index is 913. The van der Waals surface area contributed by atoms with Gasteiger partial charge in [0.15, 0.2) is 0 Å². The number of fused-ring (bicyclic) bond motifs is 1. The summed E-state index contributed by atoms with van der Waals surface area (Å²) in [6.07, 6.45) is 0.532. The van der Waals surface area contributed by atoms with Crippen LogP contribution in [-0.4, -0.2) is 23.3 Å². The van der Waals surface area contributed by atoms with E-state index in [1.54, 1.807) is 6.07 Å². The van der Waals surface area contributed by atoms with E-state index in [2.05, 4.69) is 15.4 Å². The predicted octanol–water partition coefficient (Wildman–Crippen LogP) is 4.69. The number of thioether (sulfide) groups is 1. The van der Waals surface area contributed by atoms with Crippen LogP contribution in [0.5, 0.6) is 5.75 Å². The molecule has 11 heteroatoms. The Kier molecular flexibility index (Phi) is 5.93. The van der Waals surface area contributed by atoms with Gasteiger partial charge in [-0.3, -0.25) is 10.1 Å². The third kappa shape index (κ3) is 4.66. The molecule has 1 aliphatic heterocycles. The van der Waals surface area contributed by atoms with Crippen LogP contribution in [0.15, 0.2) is 41.3 Å². The number of rotatable bonds is 5. The molecular weight excluding hydrogens is 399 g/mol. The molecule has 148 valence electrons. The van der Waals surface area contributed by atoms with Crippen molar-refractivity contribution in [2.45, 2.75) is 24.0 Å². The maximum atomic E-state index is 13.6. The molecule has 0 radical (unpaired) electrons. The highest BCUT2D eigenvalue weighted by molar-refractivity contribution is 7.99. The van der Waals surface area contributed by atoms with Crippen LogP contribution in [0, 0.1) is 15.9 Å². The third-order valence-electron chi connectivity index (χ3n) is 3.95. The number of hydrogen-bond acceptors (Lipinski definition) is 5. The first-order valence-electron chi connectivity index (χ1n) is 8.06. The molecule has 2 amide bonds. The number of nitrogens with one attached hydrogen (secondary N) is 2. The highest BCUT2D eigenvalue weighted by Crippen LogP contribution is 2.37. The molecule has 0 saturated heterocycles. The number of anilines is 1. The van der Waals surface area contributed by atoms with E-state index in [1.807, 2.05) is 0 Å². The number of halogens is 3. The molecule has 0 aliphatic carbocycles. The second-order valence-corrected chi connectivity index (χ2v) is 6.92. The molecule has 1 heterocycles. The second-order valence-electron chi connectivity index (χ2n) is 5.79. The summed E-state index contributed by atoms with van der Waals surface area (Å²) in [6.45, 7) is -3.17. The summed E-state index contributed by atoms with van der Waals surface area (Å²) in [5.74, 6) is -0.165. The van der Waals surface area contributed by atoms with Crippen LogP contribution in [0.2, 0.25) is 0 Å². The van der Waals surface area contributed by atoms with Crippen molar-refractivity contribution < 1.29 is 27.6 Å². The van der Waals surface area contributed by atoms with Crippen molar-refractivity contribution >= 4 is 29.2 Å². The van der Waals surface area contributed by atoms with E-state index in [1.165, 1.54) is 23.9 Å². The van der Waals surface area contributed by atoms with Gasteiger partial charge in [0.1, 0.15) is 11.6 Å². The number of benzene rings is 2. The van der Waals surface area contributed by atoms with Crippen molar-refractivity contribution in [1.29, 1.82) is 0 Å². The summed E-state index contributed by atoms with van der Waals surface area (Å²) < 4.78 is 43.0. The minimum absolute atomic E-state index is 0.281. The van der Waals surface area contributed by atoms with Crippen molar-refractivity contribution in [3.8, 4) is 5.75 Å². The number of amides is 2. The Morgan fingerprint density at radius 3 is 2.79 bits per heavy atom. The summed E-state index contributed by atoms with van der Waals surface area (Å²) >= 11 is 1.53. The number of carbonyl (C=O) groups is 1. The summed E-state index contributed by atoms with van der Waals surface area (Å²) in [5.41, 5.74) is -0.0791. The molecule has 3 rings (SSSR count). The fraction of sp³-hybridized carbons (Fsp3) is 0.235. The lowest BCUT2D eigenvalue weighted by Crippen LogP contribution is -2.34. The van der Waals surface area contributed by atoms with Gasteiger partial charge < -0.3 is 15.4 Å². The standard InChI is InChI=1S/C17H14F3N3O4S/c18-9-1-4-15-11(7-9)12(5-6-28-15)21-17(24)22-13-8-10(23(25)26)2-3-14(13)27-16(19)20/h1-4,7-8,12,16H,5-6H2,(H2,21,22,24). The molecule has 2 aromatic carbocycles. The Labute approximate surface area is 161 Å². The van der Waals surface area contributed by atoms with Gasteiger partial charge in [-0.2, -0.15) is 8.78 Å². The molecule has 0 aromatic heterocycles. The minimum atomic E-state index is -3.17. The van der Waals surface area contributed by atoms with Crippen molar-refractivity contribution in [2.24, 2.45) is 0 Å². The average Bonchev–Trinajstić information content (AvgIpc) is 2.63. The number of hydrogen-bond donors (Lipinski definition) is 2. The molecule has 2 N–H and O–H groups in total. The van der Waals surface area contributed by atoms with E-state index in [-0.39, 0.29) is 5.69 Å². The van der Waals surface area contributed by atoms with Gasteiger partial charge in [0.05, 0.1) is 16.7 Å². The van der Waals surface area contributed by atoms with Crippen LogP contribution in [-0.2, 0) is 0 Å². The van der Waals surface area contributed by atoms with Gasteiger partial charge in [-0.15, -0.1) is 11.8 Å². The molecule has 2 aromatic rings. The normalized spacial score (nSPS) is 15.6. The lowest BCUT2D eigenvalue weighted by Gasteiger charge is -2.26. The van der Waals surface area contributed by atoms with E-state index >= 15 is 0 Å².